The summed E-state index contributed by atoms with van der Waals surface area (Å²) in [6.45, 7) is 1.23. The molecule has 0 aromatic carbocycles. The maximum absolute atomic E-state index is 11.6. The molecule has 82 valence electrons. The first kappa shape index (κ1) is 11.5. The summed E-state index contributed by atoms with van der Waals surface area (Å²) in [5.41, 5.74) is 0. The first-order chi connectivity index (χ1) is 6.52. The molecule has 1 fully saturated rings. The molecule has 14 heavy (non-hydrogen) atoms. The van der Waals surface area contributed by atoms with E-state index in [-0.39, 0.29) is 5.25 Å². The highest BCUT2D eigenvalue weighted by Crippen LogP contribution is 2.22. The third-order valence-corrected chi connectivity index (χ3v) is 4.45. The summed E-state index contributed by atoms with van der Waals surface area (Å²) in [5.74, 6) is -0.491. The van der Waals surface area contributed by atoms with Gasteiger partial charge >= 0.3 is 0 Å². The minimum Gasteiger partial charge on any atom is -0.274 e. The molecule has 1 amide bonds. The molecular formula is C9H17NO3S. The molecule has 1 rings (SSSR count). The zero-order valence-corrected chi connectivity index (χ0v) is 9.27. The van der Waals surface area contributed by atoms with Crippen LogP contribution < -0.4 is 4.72 Å². The molecule has 0 radical (unpaired) electrons. The van der Waals surface area contributed by atoms with Crippen molar-refractivity contribution in [3.63, 3.8) is 0 Å². The van der Waals surface area contributed by atoms with E-state index in [0.29, 0.717) is 12.8 Å². The zero-order chi connectivity index (χ0) is 10.6. The third kappa shape index (κ3) is 3.29. The fourth-order valence-electron chi connectivity index (χ4n) is 1.84. The van der Waals surface area contributed by atoms with E-state index in [0.717, 1.165) is 25.7 Å². The summed E-state index contributed by atoms with van der Waals surface area (Å²) in [7, 11) is -3.41. The lowest BCUT2D eigenvalue weighted by molar-refractivity contribution is -0.117. The van der Waals surface area contributed by atoms with Crippen LogP contribution in [0.1, 0.15) is 45.4 Å². The van der Waals surface area contributed by atoms with E-state index < -0.39 is 15.9 Å². The lowest BCUT2D eigenvalue weighted by Gasteiger charge is -2.14. The number of carbonyl (C=O) groups excluding carboxylic acids is 1. The van der Waals surface area contributed by atoms with Crippen LogP contribution in [0.2, 0.25) is 0 Å². The van der Waals surface area contributed by atoms with Crippen molar-refractivity contribution in [2.45, 2.75) is 50.7 Å². The highest BCUT2D eigenvalue weighted by atomic mass is 32.2. The largest absolute Gasteiger partial charge is 0.274 e. The van der Waals surface area contributed by atoms with Crippen molar-refractivity contribution in [3.8, 4) is 0 Å². The Balaban J connectivity index is 2.64. The van der Waals surface area contributed by atoms with E-state index in [2.05, 4.69) is 0 Å². The van der Waals surface area contributed by atoms with Gasteiger partial charge in [-0.05, 0) is 12.8 Å². The summed E-state index contributed by atoms with van der Waals surface area (Å²) < 4.78 is 25.3. The maximum atomic E-state index is 11.6. The lowest BCUT2D eigenvalue weighted by Crippen LogP contribution is -2.36. The molecule has 5 heteroatoms. The average Bonchev–Trinajstić information content (AvgIpc) is 2.28. The molecule has 0 aromatic rings. The van der Waals surface area contributed by atoms with E-state index in [1.54, 1.807) is 0 Å². The number of sulfonamides is 1. The Morgan fingerprint density at radius 1 is 1.14 bits per heavy atom. The first-order valence-corrected chi connectivity index (χ1v) is 6.59. The van der Waals surface area contributed by atoms with E-state index in [9.17, 15) is 13.2 Å². The summed E-state index contributed by atoms with van der Waals surface area (Å²) in [6, 6.07) is 0. The van der Waals surface area contributed by atoms with Gasteiger partial charge in [0.2, 0.25) is 15.9 Å². The van der Waals surface area contributed by atoms with Crippen LogP contribution >= 0.6 is 0 Å². The van der Waals surface area contributed by atoms with Gasteiger partial charge in [0.25, 0.3) is 0 Å². The normalized spacial score (nSPS) is 20.1. The standard InChI is InChI=1S/C9H17NO3S/c1-8(11)10-14(12,13)9-6-4-2-3-5-7-9/h9H,2-7H2,1H3,(H,10,11). The van der Waals surface area contributed by atoms with E-state index >= 15 is 0 Å². The van der Waals surface area contributed by atoms with Crippen molar-refractivity contribution in [2.75, 3.05) is 0 Å². The molecule has 1 aliphatic rings. The van der Waals surface area contributed by atoms with Crippen LogP contribution in [0.15, 0.2) is 0 Å². The Bertz CT molecular complexity index is 289. The van der Waals surface area contributed by atoms with Crippen molar-refractivity contribution < 1.29 is 13.2 Å². The third-order valence-electron chi connectivity index (χ3n) is 2.53. The molecule has 1 saturated carbocycles. The molecule has 0 saturated heterocycles. The monoisotopic (exact) mass is 219 g/mol. The van der Waals surface area contributed by atoms with Gasteiger partial charge in [0.1, 0.15) is 0 Å². The smallest absolute Gasteiger partial charge is 0.237 e. The average molecular weight is 219 g/mol. The second-order valence-corrected chi connectivity index (χ2v) is 5.78. The van der Waals surface area contributed by atoms with Gasteiger partial charge in [-0.3, -0.25) is 9.52 Å². The summed E-state index contributed by atoms with van der Waals surface area (Å²) in [4.78, 5) is 10.7. The van der Waals surface area contributed by atoms with E-state index in [1.807, 2.05) is 4.72 Å². The van der Waals surface area contributed by atoms with Crippen LogP contribution in [-0.2, 0) is 14.8 Å². The van der Waals surface area contributed by atoms with Gasteiger partial charge in [0.15, 0.2) is 0 Å². The Hall–Kier alpha value is -0.580. The second-order valence-electron chi connectivity index (χ2n) is 3.82. The van der Waals surface area contributed by atoms with Crippen molar-refractivity contribution >= 4 is 15.9 Å². The van der Waals surface area contributed by atoms with Crippen molar-refractivity contribution in [2.24, 2.45) is 0 Å². The number of carbonyl (C=O) groups is 1. The quantitative estimate of drug-likeness (QED) is 0.709. The predicted molar refractivity (Wildman–Crippen MR) is 54.2 cm³/mol. The maximum Gasteiger partial charge on any atom is 0.237 e. The predicted octanol–water partition coefficient (Wildman–Crippen LogP) is 1.18. The minimum absolute atomic E-state index is 0.367. The number of amides is 1. The Morgan fingerprint density at radius 3 is 2.07 bits per heavy atom. The molecule has 1 aliphatic carbocycles. The van der Waals surface area contributed by atoms with Crippen LogP contribution in [-0.4, -0.2) is 19.6 Å². The van der Waals surface area contributed by atoms with Crippen LogP contribution in [0.25, 0.3) is 0 Å². The summed E-state index contributed by atoms with van der Waals surface area (Å²) in [5, 5.41) is -0.367. The minimum atomic E-state index is -3.41. The molecule has 0 atom stereocenters. The van der Waals surface area contributed by atoms with Gasteiger partial charge in [-0.1, -0.05) is 25.7 Å². The van der Waals surface area contributed by atoms with Gasteiger partial charge in [-0.2, -0.15) is 0 Å². The highest BCUT2D eigenvalue weighted by molar-refractivity contribution is 7.90. The first-order valence-electron chi connectivity index (χ1n) is 5.04. The van der Waals surface area contributed by atoms with Gasteiger partial charge in [-0.25, -0.2) is 8.42 Å². The molecule has 0 spiro atoms. The number of nitrogens with one attached hydrogen (secondary N) is 1. The van der Waals surface area contributed by atoms with E-state index in [1.165, 1.54) is 6.92 Å². The fraction of sp³-hybridized carbons (Fsp3) is 0.889. The fourth-order valence-corrected chi connectivity index (χ4v) is 3.36. The van der Waals surface area contributed by atoms with Crippen LogP contribution in [0, 0.1) is 0 Å². The molecule has 0 unspecified atom stereocenters. The SMILES string of the molecule is CC(=O)NS(=O)(=O)C1CCCCCC1. The molecule has 4 nitrogen and oxygen atoms in total. The van der Waals surface area contributed by atoms with Gasteiger partial charge in [0.05, 0.1) is 5.25 Å². The van der Waals surface area contributed by atoms with Crippen LogP contribution in [0.5, 0.6) is 0 Å². The number of hydrogen-bond donors (Lipinski definition) is 1. The van der Waals surface area contributed by atoms with Crippen molar-refractivity contribution in [1.29, 1.82) is 0 Å². The lowest BCUT2D eigenvalue weighted by atomic mass is 10.2. The van der Waals surface area contributed by atoms with Crippen molar-refractivity contribution in [1.82, 2.24) is 4.72 Å². The van der Waals surface area contributed by atoms with E-state index in [4.69, 9.17) is 0 Å². The Labute approximate surface area is 85.1 Å². The van der Waals surface area contributed by atoms with Crippen molar-refractivity contribution in [3.05, 3.63) is 0 Å². The molecule has 0 bridgehead atoms. The zero-order valence-electron chi connectivity index (χ0n) is 8.45. The second kappa shape index (κ2) is 4.77. The molecule has 1 N–H and O–H groups in total. The summed E-state index contributed by atoms with van der Waals surface area (Å²) in [6.07, 6.45) is 5.47. The molecule has 0 aromatic heterocycles. The molecular weight excluding hydrogens is 202 g/mol. The van der Waals surface area contributed by atoms with Gasteiger partial charge in [-0.15, -0.1) is 0 Å². The molecule has 0 heterocycles. The van der Waals surface area contributed by atoms with Crippen LogP contribution in [0.3, 0.4) is 0 Å². The van der Waals surface area contributed by atoms with Crippen LogP contribution in [0.4, 0.5) is 0 Å². The highest BCUT2D eigenvalue weighted by Gasteiger charge is 2.26. The van der Waals surface area contributed by atoms with Gasteiger partial charge in [0, 0.05) is 6.92 Å². The number of hydrogen-bond acceptors (Lipinski definition) is 3. The Kier molecular flexibility index (Phi) is 3.92. The Morgan fingerprint density at radius 2 is 1.64 bits per heavy atom. The number of rotatable bonds is 2. The summed E-state index contributed by atoms with van der Waals surface area (Å²) >= 11 is 0. The topological polar surface area (TPSA) is 63.2 Å². The van der Waals surface area contributed by atoms with Gasteiger partial charge < -0.3 is 0 Å². The molecule has 0 aliphatic heterocycles.